The van der Waals surface area contributed by atoms with E-state index in [0.717, 1.165) is 17.9 Å². The number of hydrogen-bond donors (Lipinski definition) is 2. The quantitative estimate of drug-likeness (QED) is 0.776. The first-order valence-electron chi connectivity index (χ1n) is 6.35. The van der Waals surface area contributed by atoms with Crippen molar-refractivity contribution in [2.75, 3.05) is 13.1 Å². The van der Waals surface area contributed by atoms with E-state index in [1.165, 1.54) is 18.4 Å². The predicted molar refractivity (Wildman–Crippen MR) is 76.1 cm³/mol. The van der Waals surface area contributed by atoms with Crippen LogP contribution in [0.4, 0.5) is 0 Å². The minimum absolute atomic E-state index is 0. The highest BCUT2D eigenvalue weighted by atomic mass is 35.5. The van der Waals surface area contributed by atoms with E-state index in [9.17, 15) is 4.79 Å². The van der Waals surface area contributed by atoms with Crippen LogP contribution in [0.15, 0.2) is 24.3 Å². The van der Waals surface area contributed by atoms with Gasteiger partial charge < -0.3 is 11.1 Å². The standard InChI is InChI=1S/C14H20N2O.ClH/c15-8-1-9-16-14(17)10-11-2-4-12(5-3-11)13-6-7-13;/h2-5,13H,1,6-10,15H2,(H,16,17);1H. The molecule has 0 spiro atoms. The minimum Gasteiger partial charge on any atom is -0.356 e. The van der Waals surface area contributed by atoms with E-state index < -0.39 is 0 Å². The molecule has 1 amide bonds. The lowest BCUT2D eigenvalue weighted by molar-refractivity contribution is -0.120. The Morgan fingerprint density at radius 3 is 2.50 bits per heavy atom. The van der Waals surface area contributed by atoms with E-state index in [2.05, 4.69) is 29.6 Å². The fraction of sp³-hybridized carbons (Fsp3) is 0.500. The summed E-state index contributed by atoms with van der Waals surface area (Å²) in [5, 5.41) is 2.86. The molecule has 0 atom stereocenters. The summed E-state index contributed by atoms with van der Waals surface area (Å²) in [5.41, 5.74) is 7.86. The van der Waals surface area contributed by atoms with Crippen LogP contribution in [0.1, 0.15) is 36.3 Å². The van der Waals surface area contributed by atoms with Crippen LogP contribution >= 0.6 is 12.4 Å². The van der Waals surface area contributed by atoms with Crippen molar-refractivity contribution < 1.29 is 4.79 Å². The summed E-state index contributed by atoms with van der Waals surface area (Å²) in [7, 11) is 0. The highest BCUT2D eigenvalue weighted by Gasteiger charge is 2.22. The van der Waals surface area contributed by atoms with Crippen molar-refractivity contribution in [3.63, 3.8) is 0 Å². The molecule has 0 heterocycles. The van der Waals surface area contributed by atoms with E-state index in [1.54, 1.807) is 0 Å². The van der Waals surface area contributed by atoms with Gasteiger partial charge >= 0.3 is 0 Å². The van der Waals surface area contributed by atoms with Gasteiger partial charge in [0.05, 0.1) is 6.42 Å². The number of carbonyl (C=O) groups is 1. The molecule has 0 aliphatic heterocycles. The Morgan fingerprint density at radius 1 is 1.28 bits per heavy atom. The summed E-state index contributed by atoms with van der Waals surface area (Å²) < 4.78 is 0. The Balaban J connectivity index is 0.00000162. The van der Waals surface area contributed by atoms with Crippen LogP contribution in [-0.2, 0) is 11.2 Å². The number of halogens is 1. The van der Waals surface area contributed by atoms with Crippen molar-refractivity contribution in [1.29, 1.82) is 0 Å². The smallest absolute Gasteiger partial charge is 0.224 e. The first-order chi connectivity index (χ1) is 8.29. The topological polar surface area (TPSA) is 55.1 Å². The lowest BCUT2D eigenvalue weighted by atomic mass is 10.1. The van der Waals surface area contributed by atoms with Crippen LogP contribution in [0.3, 0.4) is 0 Å². The molecule has 1 saturated carbocycles. The van der Waals surface area contributed by atoms with E-state index >= 15 is 0 Å². The van der Waals surface area contributed by atoms with Gasteiger partial charge in [-0.2, -0.15) is 0 Å². The highest BCUT2D eigenvalue weighted by Crippen LogP contribution is 2.39. The Kier molecular flexibility index (Phi) is 6.16. The number of nitrogens with one attached hydrogen (secondary N) is 1. The Morgan fingerprint density at radius 2 is 1.94 bits per heavy atom. The second-order valence-corrected chi connectivity index (χ2v) is 4.68. The zero-order chi connectivity index (χ0) is 12.1. The molecule has 1 aliphatic carbocycles. The molecule has 1 aliphatic rings. The Labute approximate surface area is 115 Å². The third kappa shape index (κ3) is 4.67. The summed E-state index contributed by atoms with van der Waals surface area (Å²) in [6.07, 6.45) is 3.94. The third-order valence-corrected chi connectivity index (χ3v) is 3.10. The number of rotatable bonds is 6. The van der Waals surface area contributed by atoms with Crippen LogP contribution in [0.2, 0.25) is 0 Å². The van der Waals surface area contributed by atoms with Gasteiger partial charge in [0.25, 0.3) is 0 Å². The fourth-order valence-electron chi connectivity index (χ4n) is 1.90. The monoisotopic (exact) mass is 268 g/mol. The molecular formula is C14H21ClN2O. The molecule has 0 aromatic heterocycles. The summed E-state index contributed by atoms with van der Waals surface area (Å²) in [6, 6.07) is 8.44. The largest absolute Gasteiger partial charge is 0.356 e. The number of carbonyl (C=O) groups excluding carboxylic acids is 1. The Bertz CT molecular complexity index is 374. The first-order valence-corrected chi connectivity index (χ1v) is 6.35. The molecule has 18 heavy (non-hydrogen) atoms. The average molecular weight is 269 g/mol. The first kappa shape index (κ1) is 15.0. The lowest BCUT2D eigenvalue weighted by Gasteiger charge is -2.05. The predicted octanol–water partition coefficient (Wildman–Crippen LogP) is 1.99. The molecule has 1 aromatic carbocycles. The van der Waals surface area contributed by atoms with Gasteiger partial charge in [-0.1, -0.05) is 24.3 Å². The molecule has 2 rings (SSSR count). The van der Waals surface area contributed by atoms with Gasteiger partial charge in [-0.15, -0.1) is 12.4 Å². The summed E-state index contributed by atoms with van der Waals surface area (Å²) >= 11 is 0. The van der Waals surface area contributed by atoms with Crippen LogP contribution in [0, 0.1) is 0 Å². The molecule has 4 heteroatoms. The van der Waals surface area contributed by atoms with Crippen LogP contribution in [0.5, 0.6) is 0 Å². The SMILES string of the molecule is Cl.NCCCNC(=O)Cc1ccc(C2CC2)cc1. The minimum atomic E-state index is 0. The van der Waals surface area contributed by atoms with Gasteiger partial charge in [-0.25, -0.2) is 0 Å². The van der Waals surface area contributed by atoms with Crippen molar-refractivity contribution in [2.45, 2.75) is 31.6 Å². The molecule has 0 bridgehead atoms. The van der Waals surface area contributed by atoms with E-state index in [0.29, 0.717) is 19.5 Å². The van der Waals surface area contributed by atoms with Crippen LogP contribution in [0.25, 0.3) is 0 Å². The van der Waals surface area contributed by atoms with Gasteiger partial charge in [0.2, 0.25) is 5.91 Å². The zero-order valence-electron chi connectivity index (χ0n) is 10.5. The maximum atomic E-state index is 11.6. The Hall–Kier alpha value is -1.06. The summed E-state index contributed by atoms with van der Waals surface area (Å²) in [6.45, 7) is 1.30. The van der Waals surface area contributed by atoms with Crippen molar-refractivity contribution in [3.05, 3.63) is 35.4 Å². The molecule has 0 unspecified atom stereocenters. The number of nitrogens with two attached hydrogens (primary N) is 1. The van der Waals surface area contributed by atoms with Crippen molar-refractivity contribution in [3.8, 4) is 0 Å². The molecule has 0 saturated heterocycles. The maximum Gasteiger partial charge on any atom is 0.224 e. The second kappa shape index (κ2) is 7.39. The summed E-state index contributed by atoms with van der Waals surface area (Å²) in [4.78, 5) is 11.6. The molecule has 100 valence electrons. The molecular weight excluding hydrogens is 248 g/mol. The van der Waals surface area contributed by atoms with E-state index in [1.807, 2.05) is 0 Å². The molecule has 0 radical (unpaired) electrons. The van der Waals surface area contributed by atoms with E-state index in [-0.39, 0.29) is 18.3 Å². The van der Waals surface area contributed by atoms with E-state index in [4.69, 9.17) is 5.73 Å². The molecule has 1 aromatic rings. The van der Waals surface area contributed by atoms with Crippen LogP contribution in [-0.4, -0.2) is 19.0 Å². The van der Waals surface area contributed by atoms with Crippen molar-refractivity contribution in [1.82, 2.24) is 5.32 Å². The average Bonchev–Trinajstić information content (AvgIpc) is 3.14. The number of hydrogen-bond acceptors (Lipinski definition) is 2. The van der Waals surface area contributed by atoms with Gasteiger partial charge in [-0.3, -0.25) is 4.79 Å². The number of amides is 1. The second-order valence-electron chi connectivity index (χ2n) is 4.68. The van der Waals surface area contributed by atoms with Gasteiger partial charge in [-0.05, 0) is 42.9 Å². The van der Waals surface area contributed by atoms with Gasteiger partial charge in [0.15, 0.2) is 0 Å². The number of benzene rings is 1. The molecule has 1 fully saturated rings. The van der Waals surface area contributed by atoms with Crippen molar-refractivity contribution in [2.24, 2.45) is 5.73 Å². The fourth-order valence-corrected chi connectivity index (χ4v) is 1.90. The normalized spacial score (nSPS) is 13.8. The van der Waals surface area contributed by atoms with Gasteiger partial charge in [0.1, 0.15) is 0 Å². The third-order valence-electron chi connectivity index (χ3n) is 3.10. The summed E-state index contributed by atoms with van der Waals surface area (Å²) in [5.74, 6) is 0.861. The lowest BCUT2D eigenvalue weighted by Crippen LogP contribution is -2.27. The van der Waals surface area contributed by atoms with Crippen molar-refractivity contribution >= 4 is 18.3 Å². The molecule has 3 N–H and O–H groups in total. The molecule has 3 nitrogen and oxygen atoms in total. The zero-order valence-corrected chi connectivity index (χ0v) is 11.3. The van der Waals surface area contributed by atoms with Crippen LogP contribution < -0.4 is 11.1 Å². The highest BCUT2D eigenvalue weighted by molar-refractivity contribution is 5.85. The maximum absolute atomic E-state index is 11.6. The van der Waals surface area contributed by atoms with Gasteiger partial charge in [0, 0.05) is 6.54 Å².